The molecule has 1 rings (SSSR count). The molecule has 1 atom stereocenters. The van der Waals surface area contributed by atoms with Gasteiger partial charge in [-0.1, -0.05) is 0 Å². The second kappa shape index (κ2) is 3.05. The first-order valence-corrected chi connectivity index (χ1v) is 3.64. The summed E-state index contributed by atoms with van der Waals surface area (Å²) >= 11 is 0. The van der Waals surface area contributed by atoms with E-state index >= 15 is 0 Å². The number of halogens is 1. The molecule has 0 aliphatic heterocycles. The fourth-order valence-electron chi connectivity index (χ4n) is 0.921. The minimum absolute atomic E-state index is 0.0607. The third kappa shape index (κ3) is 2.35. The number of alkyl halides is 1. The van der Waals surface area contributed by atoms with Gasteiger partial charge in [-0.25, -0.2) is 4.39 Å². The molecule has 0 radical (unpaired) electrons. The van der Waals surface area contributed by atoms with Gasteiger partial charge in [0.1, 0.15) is 5.67 Å². The number of hydrogen-bond donors (Lipinski definition) is 1. The summed E-state index contributed by atoms with van der Waals surface area (Å²) in [5.41, 5.74) is 3.94. The fourth-order valence-corrected chi connectivity index (χ4v) is 0.921. The average Bonchev–Trinajstić information content (AvgIpc) is 2.39. The summed E-state index contributed by atoms with van der Waals surface area (Å²) in [6.07, 6.45) is 3.65. The van der Waals surface area contributed by atoms with Crippen LogP contribution >= 0.6 is 0 Å². The molecule has 62 valence electrons. The van der Waals surface area contributed by atoms with Crippen LogP contribution in [0.4, 0.5) is 4.39 Å². The van der Waals surface area contributed by atoms with Crippen LogP contribution in [0.2, 0.25) is 0 Å². The van der Waals surface area contributed by atoms with Gasteiger partial charge in [0.15, 0.2) is 0 Å². The monoisotopic (exact) mass is 156 g/mol. The van der Waals surface area contributed by atoms with Crippen LogP contribution in [0.1, 0.15) is 6.92 Å². The van der Waals surface area contributed by atoms with Gasteiger partial charge >= 0.3 is 0 Å². The van der Waals surface area contributed by atoms with Crippen LogP contribution < -0.4 is 5.73 Å². The van der Waals surface area contributed by atoms with Crippen molar-refractivity contribution >= 4 is 0 Å². The molecule has 0 spiro atoms. The molecule has 11 heavy (non-hydrogen) atoms. The Balaban J connectivity index is 2.56. The van der Waals surface area contributed by atoms with E-state index in [0.29, 0.717) is 6.54 Å². The van der Waals surface area contributed by atoms with Crippen molar-refractivity contribution in [2.75, 3.05) is 6.54 Å². The third-order valence-electron chi connectivity index (χ3n) is 1.60. The van der Waals surface area contributed by atoms with Gasteiger partial charge in [-0.3, -0.25) is 0 Å². The molecule has 0 fully saturated rings. The zero-order valence-electron chi connectivity index (χ0n) is 6.63. The van der Waals surface area contributed by atoms with Crippen molar-refractivity contribution in [3.63, 3.8) is 0 Å². The lowest BCUT2D eigenvalue weighted by molar-refractivity contribution is 0.171. The summed E-state index contributed by atoms with van der Waals surface area (Å²) in [5.74, 6) is 0. The van der Waals surface area contributed by atoms with Gasteiger partial charge in [0, 0.05) is 18.9 Å². The minimum atomic E-state index is -1.29. The van der Waals surface area contributed by atoms with E-state index in [-0.39, 0.29) is 6.54 Å². The number of aromatic nitrogens is 1. The van der Waals surface area contributed by atoms with Crippen LogP contribution in [0, 0.1) is 0 Å². The maximum atomic E-state index is 13.2. The SMILES string of the molecule is CC(F)(CN)Cn1cccc1. The Bertz CT molecular complexity index is 204. The lowest BCUT2D eigenvalue weighted by Gasteiger charge is -2.18. The van der Waals surface area contributed by atoms with Crippen molar-refractivity contribution in [3.8, 4) is 0 Å². The van der Waals surface area contributed by atoms with Crippen molar-refractivity contribution in [1.29, 1.82) is 0 Å². The molecule has 0 bridgehead atoms. The van der Waals surface area contributed by atoms with E-state index in [1.165, 1.54) is 6.92 Å². The molecular weight excluding hydrogens is 143 g/mol. The van der Waals surface area contributed by atoms with E-state index in [2.05, 4.69) is 0 Å². The highest BCUT2D eigenvalue weighted by Gasteiger charge is 2.20. The van der Waals surface area contributed by atoms with Gasteiger partial charge in [0.25, 0.3) is 0 Å². The molecule has 1 aromatic rings. The first kappa shape index (κ1) is 8.27. The Morgan fingerprint density at radius 2 is 2.00 bits per heavy atom. The zero-order valence-corrected chi connectivity index (χ0v) is 6.63. The number of nitrogens with zero attached hydrogens (tertiary/aromatic N) is 1. The molecule has 1 unspecified atom stereocenters. The maximum Gasteiger partial charge on any atom is 0.138 e. The smallest absolute Gasteiger partial charge is 0.138 e. The normalized spacial score (nSPS) is 16.3. The molecule has 0 saturated carbocycles. The van der Waals surface area contributed by atoms with E-state index in [1.54, 1.807) is 4.57 Å². The summed E-state index contributed by atoms with van der Waals surface area (Å²) in [4.78, 5) is 0. The molecular formula is C8H13FN2. The van der Waals surface area contributed by atoms with Gasteiger partial charge in [-0.05, 0) is 19.1 Å². The highest BCUT2D eigenvalue weighted by Crippen LogP contribution is 2.10. The van der Waals surface area contributed by atoms with E-state index in [9.17, 15) is 4.39 Å². The highest BCUT2D eigenvalue weighted by molar-refractivity contribution is 4.92. The Kier molecular flexibility index (Phi) is 2.29. The van der Waals surface area contributed by atoms with Crippen molar-refractivity contribution in [2.24, 2.45) is 5.73 Å². The van der Waals surface area contributed by atoms with Gasteiger partial charge < -0.3 is 10.3 Å². The summed E-state index contributed by atoms with van der Waals surface area (Å²) < 4.78 is 15.0. The van der Waals surface area contributed by atoms with Crippen LogP contribution in [0.5, 0.6) is 0 Å². The summed E-state index contributed by atoms with van der Waals surface area (Å²) in [6.45, 7) is 1.90. The topological polar surface area (TPSA) is 30.9 Å². The van der Waals surface area contributed by atoms with Crippen LogP contribution in [-0.2, 0) is 6.54 Å². The standard InChI is InChI=1S/C8H13FN2/c1-8(9,6-10)7-11-4-2-3-5-11/h2-5H,6-7,10H2,1H3. The highest BCUT2D eigenvalue weighted by atomic mass is 19.1. The predicted octanol–water partition coefficient (Wildman–Crippen LogP) is 1.18. The van der Waals surface area contributed by atoms with Gasteiger partial charge in [-0.15, -0.1) is 0 Å². The van der Waals surface area contributed by atoms with E-state index in [4.69, 9.17) is 5.73 Å². The fraction of sp³-hybridized carbons (Fsp3) is 0.500. The summed E-state index contributed by atoms with van der Waals surface area (Å²) in [5, 5.41) is 0. The number of hydrogen-bond acceptors (Lipinski definition) is 1. The van der Waals surface area contributed by atoms with Gasteiger partial charge in [-0.2, -0.15) is 0 Å². The molecule has 0 amide bonds. The average molecular weight is 156 g/mol. The van der Waals surface area contributed by atoms with Gasteiger partial charge in [0.2, 0.25) is 0 Å². The minimum Gasteiger partial charge on any atom is -0.351 e. The van der Waals surface area contributed by atoms with Crippen LogP contribution in [-0.4, -0.2) is 16.8 Å². The molecule has 3 heteroatoms. The molecule has 0 aromatic carbocycles. The predicted molar refractivity (Wildman–Crippen MR) is 43.0 cm³/mol. The van der Waals surface area contributed by atoms with Crippen molar-refractivity contribution in [3.05, 3.63) is 24.5 Å². The molecule has 0 aliphatic rings. The second-order valence-corrected chi connectivity index (χ2v) is 2.97. The van der Waals surface area contributed by atoms with Crippen molar-refractivity contribution in [1.82, 2.24) is 4.57 Å². The van der Waals surface area contributed by atoms with E-state index < -0.39 is 5.67 Å². The summed E-state index contributed by atoms with van der Waals surface area (Å²) in [6, 6.07) is 3.74. The molecule has 1 aromatic heterocycles. The first-order valence-electron chi connectivity index (χ1n) is 3.64. The maximum absolute atomic E-state index is 13.2. The van der Waals surface area contributed by atoms with Crippen LogP contribution in [0.3, 0.4) is 0 Å². The lowest BCUT2D eigenvalue weighted by Crippen LogP contribution is -2.33. The van der Waals surface area contributed by atoms with E-state index in [1.807, 2.05) is 24.5 Å². The number of rotatable bonds is 3. The van der Waals surface area contributed by atoms with Crippen LogP contribution in [0.25, 0.3) is 0 Å². The van der Waals surface area contributed by atoms with Crippen molar-refractivity contribution < 1.29 is 4.39 Å². The Morgan fingerprint density at radius 3 is 2.45 bits per heavy atom. The first-order chi connectivity index (χ1) is 5.14. The van der Waals surface area contributed by atoms with Crippen LogP contribution in [0.15, 0.2) is 24.5 Å². The second-order valence-electron chi connectivity index (χ2n) is 2.97. The van der Waals surface area contributed by atoms with Gasteiger partial charge in [0.05, 0.1) is 6.54 Å². The Labute approximate surface area is 65.8 Å². The largest absolute Gasteiger partial charge is 0.351 e. The Hall–Kier alpha value is -0.830. The van der Waals surface area contributed by atoms with E-state index in [0.717, 1.165) is 0 Å². The summed E-state index contributed by atoms with van der Waals surface area (Å²) in [7, 11) is 0. The van der Waals surface area contributed by atoms with Crippen molar-refractivity contribution in [2.45, 2.75) is 19.1 Å². The molecule has 2 nitrogen and oxygen atoms in total. The third-order valence-corrected chi connectivity index (χ3v) is 1.60. The molecule has 2 N–H and O–H groups in total. The molecule has 1 heterocycles. The Morgan fingerprint density at radius 1 is 1.45 bits per heavy atom. The molecule has 0 aliphatic carbocycles. The lowest BCUT2D eigenvalue weighted by atomic mass is 10.1. The molecule has 0 saturated heterocycles. The zero-order chi connectivity index (χ0) is 8.32. The number of nitrogens with two attached hydrogens (primary N) is 1. The quantitative estimate of drug-likeness (QED) is 0.699.